The zero-order chi connectivity index (χ0) is 39.4. The van der Waals surface area contributed by atoms with Gasteiger partial charge in [-0.1, -0.05) is 150 Å². The lowest BCUT2D eigenvalue weighted by Gasteiger charge is -2.28. The molecular formula is C50H66N2O2. The van der Waals surface area contributed by atoms with Crippen molar-refractivity contribution in [3.63, 3.8) is 0 Å². The summed E-state index contributed by atoms with van der Waals surface area (Å²) in [6.07, 6.45) is 10.1. The number of aliphatic imine (C=N–C) groups is 2. The van der Waals surface area contributed by atoms with Crippen molar-refractivity contribution in [2.75, 3.05) is 0 Å². The van der Waals surface area contributed by atoms with Crippen molar-refractivity contribution in [1.82, 2.24) is 0 Å². The van der Waals surface area contributed by atoms with Crippen molar-refractivity contribution in [3.05, 3.63) is 118 Å². The van der Waals surface area contributed by atoms with Gasteiger partial charge in [-0.2, -0.15) is 0 Å². The molecule has 1 fully saturated rings. The van der Waals surface area contributed by atoms with Crippen LogP contribution < -0.4 is 0 Å². The fourth-order valence-corrected chi connectivity index (χ4v) is 7.88. The average molecular weight is 727 g/mol. The smallest absolute Gasteiger partial charge is 0.128 e. The third kappa shape index (κ3) is 9.92. The predicted octanol–water partition coefficient (Wildman–Crippen LogP) is 13.2. The summed E-state index contributed by atoms with van der Waals surface area (Å²) in [4.78, 5) is 10.2. The topological polar surface area (TPSA) is 65.2 Å². The lowest BCUT2D eigenvalue weighted by Crippen LogP contribution is -2.27. The molecule has 0 aromatic heterocycles. The van der Waals surface area contributed by atoms with Crippen molar-refractivity contribution >= 4 is 12.4 Å². The van der Waals surface area contributed by atoms with Crippen molar-refractivity contribution in [2.45, 2.75) is 155 Å². The Bertz CT molecular complexity index is 1920. The molecule has 1 aliphatic rings. The SMILES string of the molecule is CCC(CC(C)c1ccc(-c2cc(C=N[C@@H]3CCCC[C@H]3N=Cc3cc(C(C)(C)C)cc(C(C)(C)C)c3O)c(O)c(C(C)(C)C)c2)cc1)c1ccccc1. The molecule has 1 saturated carbocycles. The number of phenolic OH excluding ortho intramolecular Hbond substituents is 2. The molecule has 4 atom stereocenters. The van der Waals surface area contributed by atoms with E-state index in [-0.39, 0.29) is 28.3 Å². The Hall–Kier alpha value is -4.18. The van der Waals surface area contributed by atoms with E-state index in [9.17, 15) is 10.2 Å². The van der Waals surface area contributed by atoms with E-state index < -0.39 is 0 Å². The van der Waals surface area contributed by atoms with Gasteiger partial charge in [0.15, 0.2) is 0 Å². The Morgan fingerprint density at radius 1 is 0.630 bits per heavy atom. The molecule has 4 nitrogen and oxygen atoms in total. The Balaban J connectivity index is 1.42. The summed E-state index contributed by atoms with van der Waals surface area (Å²) >= 11 is 0. The number of aromatic hydroxyl groups is 2. The molecular weight excluding hydrogens is 661 g/mol. The fraction of sp³-hybridized carbons (Fsp3) is 0.480. The second-order valence-electron chi connectivity index (χ2n) is 18.9. The molecule has 5 rings (SSSR count). The van der Waals surface area contributed by atoms with E-state index in [1.165, 1.54) is 16.7 Å². The molecule has 0 amide bonds. The molecule has 0 bridgehead atoms. The van der Waals surface area contributed by atoms with Crippen LogP contribution in [0.4, 0.5) is 0 Å². The number of nitrogens with zero attached hydrogens (tertiary/aromatic N) is 2. The lowest BCUT2D eigenvalue weighted by molar-refractivity contribution is 0.390. The third-order valence-corrected chi connectivity index (χ3v) is 11.5. The quantitative estimate of drug-likeness (QED) is 0.160. The van der Waals surface area contributed by atoms with Crippen molar-refractivity contribution < 1.29 is 10.2 Å². The Labute approximate surface area is 326 Å². The number of rotatable bonds is 10. The molecule has 288 valence electrons. The largest absolute Gasteiger partial charge is 0.507 e. The Morgan fingerprint density at radius 3 is 1.65 bits per heavy atom. The van der Waals surface area contributed by atoms with Crippen LogP contribution >= 0.6 is 0 Å². The number of hydrogen-bond donors (Lipinski definition) is 2. The van der Waals surface area contributed by atoms with Crippen LogP contribution in [0.15, 0.2) is 88.8 Å². The minimum atomic E-state index is -0.253. The first kappa shape index (κ1) is 41.0. The second-order valence-corrected chi connectivity index (χ2v) is 18.9. The van der Waals surface area contributed by atoms with E-state index >= 15 is 0 Å². The van der Waals surface area contributed by atoms with Gasteiger partial charge in [-0.3, -0.25) is 9.98 Å². The molecule has 4 aromatic rings. The molecule has 1 aliphatic carbocycles. The van der Waals surface area contributed by atoms with E-state index in [2.05, 4.69) is 155 Å². The standard InChI is InChI=1S/C50H66N2O2/c1-12-34(36-18-14-13-15-19-36)26-33(2)35-22-24-37(25-23-35)38-27-39(46(53)42(29-38)49(6,7)8)31-51-44-20-16-17-21-45(44)52-32-40-28-41(48(3,4)5)30-43(47(40)54)50(9,10)11/h13-15,18-19,22-25,27-34,44-45,53-54H,12,16-17,20-21,26H2,1-11H3/t33?,34?,44-,45-/m1/s1. The van der Waals surface area contributed by atoms with Gasteiger partial charge in [0.2, 0.25) is 0 Å². The number of benzene rings is 4. The van der Waals surface area contributed by atoms with Crippen LogP contribution in [0, 0.1) is 0 Å². The summed E-state index contributed by atoms with van der Waals surface area (Å²) in [6.45, 7) is 24.1. The molecule has 0 heterocycles. The molecule has 0 aliphatic heterocycles. The maximum Gasteiger partial charge on any atom is 0.128 e. The van der Waals surface area contributed by atoms with Crippen molar-refractivity contribution in [3.8, 4) is 22.6 Å². The third-order valence-electron chi connectivity index (χ3n) is 11.5. The maximum absolute atomic E-state index is 11.6. The molecule has 4 heteroatoms. The second kappa shape index (κ2) is 16.7. The molecule has 2 N–H and O–H groups in total. The van der Waals surface area contributed by atoms with E-state index in [1.807, 2.05) is 12.4 Å². The zero-order valence-corrected chi connectivity index (χ0v) is 35.0. The summed E-state index contributed by atoms with van der Waals surface area (Å²) in [5.74, 6) is 1.58. The summed E-state index contributed by atoms with van der Waals surface area (Å²) in [5.41, 5.74) is 9.02. The van der Waals surface area contributed by atoms with Crippen LogP contribution in [0.1, 0.15) is 165 Å². The van der Waals surface area contributed by atoms with Crippen LogP contribution in [0.5, 0.6) is 11.5 Å². The maximum atomic E-state index is 11.6. The molecule has 2 unspecified atom stereocenters. The van der Waals surface area contributed by atoms with Crippen molar-refractivity contribution in [1.29, 1.82) is 0 Å². The van der Waals surface area contributed by atoms with E-state index in [0.717, 1.165) is 71.9 Å². The van der Waals surface area contributed by atoms with Crippen LogP contribution in [-0.2, 0) is 16.2 Å². The first-order chi connectivity index (χ1) is 25.4. The highest BCUT2D eigenvalue weighted by molar-refractivity contribution is 5.88. The van der Waals surface area contributed by atoms with Gasteiger partial charge in [0, 0.05) is 34.7 Å². The highest BCUT2D eigenvalue weighted by Gasteiger charge is 2.27. The van der Waals surface area contributed by atoms with Crippen molar-refractivity contribution in [2.24, 2.45) is 9.98 Å². The minimum Gasteiger partial charge on any atom is -0.507 e. The first-order valence-electron chi connectivity index (χ1n) is 20.3. The summed E-state index contributed by atoms with van der Waals surface area (Å²) < 4.78 is 0. The summed E-state index contributed by atoms with van der Waals surface area (Å²) in [6, 6.07) is 28.4. The summed E-state index contributed by atoms with van der Waals surface area (Å²) in [7, 11) is 0. The van der Waals surface area contributed by atoms with Gasteiger partial charge in [0.25, 0.3) is 0 Å². The minimum absolute atomic E-state index is 0.00178. The van der Waals surface area contributed by atoms with Gasteiger partial charge in [0.1, 0.15) is 11.5 Å². The number of phenols is 2. The molecule has 0 saturated heterocycles. The van der Waals surface area contributed by atoms with Gasteiger partial charge >= 0.3 is 0 Å². The summed E-state index contributed by atoms with van der Waals surface area (Å²) in [5, 5.41) is 23.0. The lowest BCUT2D eigenvalue weighted by atomic mass is 9.79. The van der Waals surface area contributed by atoms with E-state index in [4.69, 9.17) is 9.98 Å². The molecule has 4 aromatic carbocycles. The predicted molar refractivity (Wildman–Crippen MR) is 231 cm³/mol. The highest BCUT2D eigenvalue weighted by atomic mass is 16.3. The van der Waals surface area contributed by atoms with Gasteiger partial charge in [-0.25, -0.2) is 0 Å². The monoisotopic (exact) mass is 727 g/mol. The Kier molecular flexibility index (Phi) is 12.7. The average Bonchev–Trinajstić information content (AvgIpc) is 3.12. The van der Waals surface area contributed by atoms with Crippen LogP contribution in [0.2, 0.25) is 0 Å². The Morgan fingerprint density at radius 2 is 1.15 bits per heavy atom. The highest BCUT2D eigenvalue weighted by Crippen LogP contribution is 2.40. The fourth-order valence-electron chi connectivity index (χ4n) is 7.88. The normalized spacial score (nSPS) is 18.4. The van der Waals surface area contributed by atoms with Gasteiger partial charge in [-0.15, -0.1) is 0 Å². The number of hydrogen-bond acceptors (Lipinski definition) is 4. The van der Waals surface area contributed by atoms with E-state index in [0.29, 0.717) is 23.3 Å². The van der Waals surface area contributed by atoms with Crippen LogP contribution in [0.3, 0.4) is 0 Å². The molecule has 0 spiro atoms. The van der Waals surface area contributed by atoms with E-state index in [1.54, 1.807) is 0 Å². The van der Waals surface area contributed by atoms with Gasteiger partial charge in [0.05, 0.1) is 12.1 Å². The molecule has 0 radical (unpaired) electrons. The first-order valence-corrected chi connectivity index (χ1v) is 20.3. The van der Waals surface area contributed by atoms with Gasteiger partial charge < -0.3 is 10.2 Å². The molecule has 54 heavy (non-hydrogen) atoms. The van der Waals surface area contributed by atoms with Crippen LogP contribution in [0.25, 0.3) is 11.1 Å². The van der Waals surface area contributed by atoms with Crippen LogP contribution in [-0.4, -0.2) is 34.7 Å². The van der Waals surface area contributed by atoms with Gasteiger partial charge in [-0.05, 0) is 99.8 Å². The zero-order valence-electron chi connectivity index (χ0n) is 35.0.